The molecule has 94 valence electrons. The van der Waals surface area contributed by atoms with E-state index >= 15 is 0 Å². The lowest BCUT2D eigenvalue weighted by Crippen LogP contribution is -2.48. The normalized spacial score (nSPS) is 29.5. The number of piperidine rings is 1. The standard InChI is InChI=1S/C11H20N2O2.ClH/c14-11(10-5-1-2-6-12-10)13-8-9-4-3-7-15-9;/h9-10,12H,1-8H2,(H,13,14);1H. The van der Waals surface area contributed by atoms with Gasteiger partial charge in [-0.1, -0.05) is 6.42 Å². The molecule has 2 unspecified atom stereocenters. The van der Waals surface area contributed by atoms with Crippen LogP contribution in [-0.2, 0) is 9.53 Å². The maximum absolute atomic E-state index is 11.7. The minimum atomic E-state index is 0. The SMILES string of the molecule is Cl.O=C(NCC1CCCO1)C1CCCCN1. The minimum absolute atomic E-state index is 0. The summed E-state index contributed by atoms with van der Waals surface area (Å²) >= 11 is 0. The van der Waals surface area contributed by atoms with E-state index in [-0.39, 0.29) is 30.5 Å². The smallest absolute Gasteiger partial charge is 0.237 e. The van der Waals surface area contributed by atoms with Crippen molar-refractivity contribution in [2.75, 3.05) is 19.7 Å². The summed E-state index contributed by atoms with van der Waals surface area (Å²) in [5.74, 6) is 0.144. The van der Waals surface area contributed by atoms with E-state index in [4.69, 9.17) is 4.74 Å². The molecule has 2 fully saturated rings. The molecule has 0 aliphatic carbocycles. The molecule has 2 saturated heterocycles. The summed E-state index contributed by atoms with van der Waals surface area (Å²) in [6, 6.07) is 0.0279. The maximum atomic E-state index is 11.7. The maximum Gasteiger partial charge on any atom is 0.237 e. The highest BCUT2D eigenvalue weighted by Gasteiger charge is 2.22. The number of halogens is 1. The first kappa shape index (κ1) is 13.7. The fourth-order valence-electron chi connectivity index (χ4n) is 2.22. The number of hydrogen-bond donors (Lipinski definition) is 2. The van der Waals surface area contributed by atoms with Crippen LogP contribution in [0, 0.1) is 0 Å². The van der Waals surface area contributed by atoms with Gasteiger partial charge in [0.15, 0.2) is 0 Å². The predicted molar refractivity (Wildman–Crippen MR) is 64.9 cm³/mol. The highest BCUT2D eigenvalue weighted by Crippen LogP contribution is 2.11. The van der Waals surface area contributed by atoms with Crippen molar-refractivity contribution in [2.24, 2.45) is 0 Å². The molecule has 5 heteroatoms. The lowest BCUT2D eigenvalue weighted by molar-refractivity contribution is -0.124. The van der Waals surface area contributed by atoms with E-state index in [1.807, 2.05) is 0 Å². The van der Waals surface area contributed by atoms with Crippen molar-refractivity contribution in [3.63, 3.8) is 0 Å². The average Bonchev–Trinajstić information content (AvgIpc) is 2.80. The summed E-state index contributed by atoms with van der Waals surface area (Å²) in [6.45, 7) is 2.50. The van der Waals surface area contributed by atoms with Crippen molar-refractivity contribution in [3.05, 3.63) is 0 Å². The molecular formula is C11H21ClN2O2. The topological polar surface area (TPSA) is 50.4 Å². The molecule has 0 aromatic heterocycles. The fraction of sp³-hybridized carbons (Fsp3) is 0.909. The van der Waals surface area contributed by atoms with E-state index < -0.39 is 0 Å². The van der Waals surface area contributed by atoms with Gasteiger partial charge in [-0.25, -0.2) is 0 Å². The molecule has 2 atom stereocenters. The molecular weight excluding hydrogens is 228 g/mol. The van der Waals surface area contributed by atoms with Crippen LogP contribution in [0.5, 0.6) is 0 Å². The lowest BCUT2D eigenvalue weighted by Gasteiger charge is -2.23. The molecule has 2 N–H and O–H groups in total. The third kappa shape index (κ3) is 3.92. The third-order valence-electron chi connectivity index (χ3n) is 3.15. The van der Waals surface area contributed by atoms with Gasteiger partial charge < -0.3 is 15.4 Å². The van der Waals surface area contributed by atoms with Gasteiger partial charge in [0, 0.05) is 13.2 Å². The second kappa shape index (κ2) is 7.09. The molecule has 4 nitrogen and oxygen atoms in total. The summed E-state index contributed by atoms with van der Waals surface area (Å²) in [4.78, 5) is 11.7. The van der Waals surface area contributed by atoms with E-state index in [9.17, 15) is 4.79 Å². The Bertz CT molecular complexity index is 214. The van der Waals surface area contributed by atoms with Gasteiger partial charge in [-0.15, -0.1) is 12.4 Å². The number of nitrogens with one attached hydrogen (secondary N) is 2. The molecule has 16 heavy (non-hydrogen) atoms. The Morgan fingerprint density at radius 1 is 1.31 bits per heavy atom. The molecule has 0 aromatic rings. The lowest BCUT2D eigenvalue weighted by atomic mass is 10.0. The van der Waals surface area contributed by atoms with Crippen LogP contribution in [0.15, 0.2) is 0 Å². The average molecular weight is 249 g/mol. The Labute approximate surface area is 103 Å². The highest BCUT2D eigenvalue weighted by molar-refractivity contribution is 5.85. The van der Waals surface area contributed by atoms with E-state index in [2.05, 4.69) is 10.6 Å². The van der Waals surface area contributed by atoms with Gasteiger partial charge in [-0.2, -0.15) is 0 Å². The van der Waals surface area contributed by atoms with Crippen LogP contribution in [0.3, 0.4) is 0 Å². The molecule has 0 radical (unpaired) electrons. The van der Waals surface area contributed by atoms with Gasteiger partial charge >= 0.3 is 0 Å². The molecule has 2 aliphatic heterocycles. The van der Waals surface area contributed by atoms with E-state index in [0.29, 0.717) is 6.54 Å². The van der Waals surface area contributed by atoms with Crippen LogP contribution in [0.2, 0.25) is 0 Å². The highest BCUT2D eigenvalue weighted by atomic mass is 35.5. The van der Waals surface area contributed by atoms with Gasteiger partial charge in [0.25, 0.3) is 0 Å². The summed E-state index contributed by atoms with van der Waals surface area (Å²) in [5, 5.41) is 6.21. The molecule has 0 bridgehead atoms. The number of carbonyl (C=O) groups is 1. The third-order valence-corrected chi connectivity index (χ3v) is 3.15. The van der Waals surface area contributed by atoms with Crippen molar-refractivity contribution in [3.8, 4) is 0 Å². The summed E-state index contributed by atoms with van der Waals surface area (Å²) < 4.78 is 5.46. The Morgan fingerprint density at radius 2 is 2.19 bits per heavy atom. The summed E-state index contributed by atoms with van der Waals surface area (Å²) in [7, 11) is 0. The first-order chi connectivity index (χ1) is 7.36. The monoisotopic (exact) mass is 248 g/mol. The Kier molecular flexibility index (Phi) is 6.09. The zero-order valence-electron chi connectivity index (χ0n) is 9.54. The zero-order chi connectivity index (χ0) is 10.5. The molecule has 0 saturated carbocycles. The van der Waals surface area contributed by atoms with Crippen LogP contribution in [-0.4, -0.2) is 37.7 Å². The number of carbonyl (C=O) groups excluding carboxylic acids is 1. The number of hydrogen-bond acceptors (Lipinski definition) is 3. The van der Waals surface area contributed by atoms with Gasteiger partial charge in [0.1, 0.15) is 0 Å². The van der Waals surface area contributed by atoms with Gasteiger partial charge in [-0.05, 0) is 32.2 Å². The van der Waals surface area contributed by atoms with Crippen LogP contribution in [0.4, 0.5) is 0 Å². The van der Waals surface area contributed by atoms with Crippen molar-refractivity contribution >= 4 is 18.3 Å². The Morgan fingerprint density at radius 3 is 2.81 bits per heavy atom. The first-order valence-electron chi connectivity index (χ1n) is 5.99. The van der Waals surface area contributed by atoms with Crippen LogP contribution < -0.4 is 10.6 Å². The molecule has 1 amide bonds. The second-order valence-electron chi connectivity index (χ2n) is 4.38. The van der Waals surface area contributed by atoms with Crippen molar-refractivity contribution < 1.29 is 9.53 Å². The van der Waals surface area contributed by atoms with Crippen LogP contribution in [0.25, 0.3) is 0 Å². The zero-order valence-corrected chi connectivity index (χ0v) is 10.4. The Balaban J connectivity index is 0.00000128. The summed E-state index contributed by atoms with van der Waals surface area (Å²) in [6.07, 6.45) is 5.77. The first-order valence-corrected chi connectivity index (χ1v) is 5.99. The molecule has 2 heterocycles. The number of amides is 1. The molecule has 0 spiro atoms. The van der Waals surface area contributed by atoms with Gasteiger partial charge in [0.05, 0.1) is 12.1 Å². The van der Waals surface area contributed by atoms with Gasteiger partial charge in [-0.3, -0.25) is 4.79 Å². The van der Waals surface area contributed by atoms with Crippen molar-refractivity contribution in [2.45, 2.75) is 44.2 Å². The van der Waals surface area contributed by atoms with E-state index in [1.54, 1.807) is 0 Å². The summed E-state index contributed by atoms with van der Waals surface area (Å²) in [5.41, 5.74) is 0. The van der Waals surface area contributed by atoms with E-state index in [1.165, 1.54) is 6.42 Å². The minimum Gasteiger partial charge on any atom is -0.376 e. The fourth-order valence-corrected chi connectivity index (χ4v) is 2.22. The number of rotatable bonds is 3. The number of ether oxygens (including phenoxy) is 1. The molecule has 2 rings (SSSR count). The largest absolute Gasteiger partial charge is 0.376 e. The van der Waals surface area contributed by atoms with Crippen LogP contribution >= 0.6 is 12.4 Å². The Hall–Kier alpha value is -0.320. The van der Waals surface area contributed by atoms with Crippen molar-refractivity contribution in [1.82, 2.24) is 10.6 Å². The molecule has 0 aromatic carbocycles. The van der Waals surface area contributed by atoms with Crippen LogP contribution in [0.1, 0.15) is 32.1 Å². The van der Waals surface area contributed by atoms with E-state index in [0.717, 1.165) is 38.8 Å². The second-order valence-corrected chi connectivity index (χ2v) is 4.38. The van der Waals surface area contributed by atoms with Crippen molar-refractivity contribution in [1.29, 1.82) is 0 Å². The molecule has 2 aliphatic rings. The van der Waals surface area contributed by atoms with Gasteiger partial charge in [0.2, 0.25) is 5.91 Å². The quantitative estimate of drug-likeness (QED) is 0.779. The predicted octanol–water partition coefficient (Wildman–Crippen LogP) is 0.845.